The number of carboxylic acid groups (broad SMARTS) is 2. The van der Waals surface area contributed by atoms with Crippen LogP contribution in [0.25, 0.3) is 0 Å². The Morgan fingerprint density at radius 1 is 1.20 bits per heavy atom. The van der Waals surface area contributed by atoms with E-state index < -0.39 is 17.5 Å². The second-order valence-electron chi connectivity index (χ2n) is 1.31. The Balaban J connectivity index is 0. The van der Waals surface area contributed by atoms with Crippen LogP contribution in [-0.4, -0.2) is 22.2 Å². The predicted molar refractivity (Wildman–Crippen MR) is 29.0 cm³/mol. The summed E-state index contributed by atoms with van der Waals surface area (Å²) < 4.78 is 0. The zero-order valence-corrected chi connectivity index (χ0v) is 8.46. The Bertz CT molecular complexity index is 156. The molecule has 0 aliphatic heterocycles. The van der Waals surface area contributed by atoms with Gasteiger partial charge in [0.05, 0.1) is 0 Å². The molecule has 2 N–H and O–H groups in total. The quantitative estimate of drug-likeness (QED) is 0.284. The number of hydrogen-bond donors (Lipinski definition) is 2. The zero-order valence-electron chi connectivity index (χ0n) is 5.50. The number of carboxylic acids is 2. The van der Waals surface area contributed by atoms with Gasteiger partial charge in [-0.2, -0.15) is 0 Å². The Kier molecular flexibility index (Phi) is 6.15. The fraction of sp³-hybridized carbons (Fsp3) is 0.200. The van der Waals surface area contributed by atoms with Gasteiger partial charge in [0.2, 0.25) is 0 Å². The van der Waals surface area contributed by atoms with E-state index in [1.165, 1.54) is 6.92 Å². The van der Waals surface area contributed by atoms with Gasteiger partial charge in [0.15, 0.2) is 0 Å². The Morgan fingerprint density at radius 3 is 1.50 bits per heavy atom. The molecule has 0 saturated heterocycles. The molecule has 0 amide bonds. The van der Waals surface area contributed by atoms with E-state index in [2.05, 4.69) is 0 Å². The molecule has 52 valence electrons. The molecule has 0 aromatic heterocycles. The summed E-state index contributed by atoms with van der Waals surface area (Å²) in [5.41, 5.74) is -0.602. The molecular formula is C5H6O4Zn. The monoisotopic (exact) mass is 194 g/mol. The van der Waals surface area contributed by atoms with Crippen LogP contribution in [0, 0.1) is 0 Å². The molecular weight excluding hydrogens is 189 g/mol. The summed E-state index contributed by atoms with van der Waals surface area (Å²) in [5, 5.41) is 16.2. The molecule has 0 aromatic rings. The summed E-state index contributed by atoms with van der Waals surface area (Å²) in [6, 6.07) is 0. The van der Waals surface area contributed by atoms with E-state index in [-0.39, 0.29) is 19.5 Å². The SMILES string of the molecule is CC=C(C(=O)O)C(=O)O.[Zn]. The minimum Gasteiger partial charge on any atom is -0.477 e. The summed E-state index contributed by atoms with van der Waals surface area (Å²) in [5.74, 6) is -2.82. The van der Waals surface area contributed by atoms with E-state index in [0.29, 0.717) is 0 Å². The van der Waals surface area contributed by atoms with Gasteiger partial charge >= 0.3 is 11.9 Å². The van der Waals surface area contributed by atoms with E-state index in [4.69, 9.17) is 10.2 Å². The van der Waals surface area contributed by atoms with Gasteiger partial charge in [0.1, 0.15) is 5.57 Å². The molecule has 0 aromatic carbocycles. The molecule has 0 spiro atoms. The molecule has 0 heterocycles. The third-order valence-electron chi connectivity index (χ3n) is 0.749. The summed E-state index contributed by atoms with van der Waals surface area (Å²) in [6.45, 7) is 1.36. The van der Waals surface area contributed by atoms with Crippen LogP contribution in [0.15, 0.2) is 11.6 Å². The number of allylic oxidation sites excluding steroid dienone is 1. The van der Waals surface area contributed by atoms with Crippen molar-refractivity contribution in [3.8, 4) is 0 Å². The Morgan fingerprint density at radius 2 is 1.50 bits per heavy atom. The first-order valence-corrected chi connectivity index (χ1v) is 2.22. The van der Waals surface area contributed by atoms with E-state index in [1.807, 2.05) is 0 Å². The van der Waals surface area contributed by atoms with Crippen LogP contribution in [0.4, 0.5) is 0 Å². The van der Waals surface area contributed by atoms with Crippen LogP contribution in [0.1, 0.15) is 6.92 Å². The van der Waals surface area contributed by atoms with Gasteiger partial charge < -0.3 is 10.2 Å². The van der Waals surface area contributed by atoms with Crippen LogP contribution in [-0.2, 0) is 29.1 Å². The standard InChI is InChI=1S/C5H6O4.Zn/c1-2-3(4(6)7)5(8)9;/h2H,1H3,(H,6,7)(H,8,9);. The topological polar surface area (TPSA) is 74.6 Å². The molecule has 0 saturated carbocycles. The van der Waals surface area contributed by atoms with E-state index in [0.717, 1.165) is 6.08 Å². The van der Waals surface area contributed by atoms with Crippen molar-refractivity contribution in [2.75, 3.05) is 0 Å². The van der Waals surface area contributed by atoms with Crippen molar-refractivity contribution in [2.24, 2.45) is 0 Å². The van der Waals surface area contributed by atoms with Crippen molar-refractivity contribution in [1.29, 1.82) is 0 Å². The van der Waals surface area contributed by atoms with Gasteiger partial charge in [-0.1, -0.05) is 6.08 Å². The molecule has 10 heavy (non-hydrogen) atoms. The third-order valence-corrected chi connectivity index (χ3v) is 0.749. The summed E-state index contributed by atoms with van der Waals surface area (Å²) in [6.07, 6.45) is 1.03. The summed E-state index contributed by atoms with van der Waals surface area (Å²) in [4.78, 5) is 19.8. The van der Waals surface area contributed by atoms with Crippen LogP contribution in [0.5, 0.6) is 0 Å². The molecule has 0 unspecified atom stereocenters. The molecule has 0 bridgehead atoms. The van der Waals surface area contributed by atoms with Crippen molar-refractivity contribution >= 4 is 11.9 Å². The van der Waals surface area contributed by atoms with Gasteiger partial charge in [-0.25, -0.2) is 9.59 Å². The largest absolute Gasteiger partial charge is 0.477 e. The molecule has 0 rings (SSSR count). The van der Waals surface area contributed by atoms with Crippen molar-refractivity contribution in [2.45, 2.75) is 6.92 Å². The molecule has 0 atom stereocenters. The minimum atomic E-state index is -1.41. The van der Waals surface area contributed by atoms with Gasteiger partial charge in [-0.05, 0) is 6.92 Å². The fourth-order valence-electron chi connectivity index (χ4n) is 0.338. The van der Waals surface area contributed by atoms with E-state index in [9.17, 15) is 9.59 Å². The molecule has 4 nitrogen and oxygen atoms in total. The average molecular weight is 195 g/mol. The number of hydrogen-bond acceptors (Lipinski definition) is 2. The smallest absolute Gasteiger partial charge is 0.342 e. The van der Waals surface area contributed by atoms with Crippen molar-refractivity contribution in [3.05, 3.63) is 11.6 Å². The predicted octanol–water partition coefficient (Wildman–Crippen LogP) is 0.0994. The number of rotatable bonds is 2. The zero-order chi connectivity index (χ0) is 7.44. The normalized spacial score (nSPS) is 7.30. The Labute approximate surface area is 70.3 Å². The first-order valence-electron chi connectivity index (χ1n) is 2.22. The van der Waals surface area contributed by atoms with E-state index >= 15 is 0 Å². The van der Waals surface area contributed by atoms with Crippen molar-refractivity contribution in [1.82, 2.24) is 0 Å². The maximum absolute atomic E-state index is 9.92. The van der Waals surface area contributed by atoms with Gasteiger partial charge in [-0.15, -0.1) is 0 Å². The molecule has 5 heteroatoms. The van der Waals surface area contributed by atoms with Gasteiger partial charge in [0.25, 0.3) is 0 Å². The van der Waals surface area contributed by atoms with Gasteiger partial charge in [-0.3, -0.25) is 0 Å². The van der Waals surface area contributed by atoms with Crippen LogP contribution in [0.3, 0.4) is 0 Å². The van der Waals surface area contributed by atoms with Gasteiger partial charge in [0, 0.05) is 19.5 Å². The molecule has 0 aliphatic carbocycles. The summed E-state index contributed by atoms with van der Waals surface area (Å²) in [7, 11) is 0. The maximum Gasteiger partial charge on any atom is 0.342 e. The molecule has 0 aliphatic rings. The van der Waals surface area contributed by atoms with Crippen molar-refractivity contribution in [3.63, 3.8) is 0 Å². The second kappa shape index (κ2) is 5.12. The first kappa shape index (κ1) is 12.0. The Hall–Kier alpha value is -0.697. The first-order chi connectivity index (χ1) is 4.09. The van der Waals surface area contributed by atoms with Crippen LogP contribution >= 0.6 is 0 Å². The number of carbonyl (C=O) groups is 2. The fourth-order valence-corrected chi connectivity index (χ4v) is 0.338. The number of aliphatic carboxylic acids is 2. The van der Waals surface area contributed by atoms with Crippen molar-refractivity contribution < 1.29 is 39.3 Å². The maximum atomic E-state index is 9.92. The molecule has 0 radical (unpaired) electrons. The van der Waals surface area contributed by atoms with Crippen LogP contribution < -0.4 is 0 Å². The molecule has 0 fully saturated rings. The second-order valence-corrected chi connectivity index (χ2v) is 1.31. The van der Waals surface area contributed by atoms with E-state index in [1.54, 1.807) is 0 Å². The summed E-state index contributed by atoms with van der Waals surface area (Å²) >= 11 is 0. The average Bonchev–Trinajstić information content (AvgIpc) is 1.64. The minimum absolute atomic E-state index is 0. The third kappa shape index (κ3) is 3.35. The van der Waals surface area contributed by atoms with Crippen LogP contribution in [0.2, 0.25) is 0 Å².